The quantitative estimate of drug-likeness (QED) is 0.0858. The molecule has 18 atom stereocenters. The number of aliphatic hydroxyl groups excluding tert-OH is 3. The number of benzene rings is 1. The number of cyclic esters (lactones) is 1. The third-order valence-corrected chi connectivity index (χ3v) is 14.2. The summed E-state index contributed by atoms with van der Waals surface area (Å²) < 4.78 is 37.9. The van der Waals surface area contributed by atoms with Crippen molar-refractivity contribution in [1.82, 2.24) is 4.90 Å². The fourth-order valence-corrected chi connectivity index (χ4v) is 10.2. The van der Waals surface area contributed by atoms with Crippen molar-refractivity contribution in [3.8, 4) is 0 Å². The number of hydrogen-bond acceptors (Lipinski definition) is 16. The van der Waals surface area contributed by atoms with E-state index in [1.54, 1.807) is 60.2 Å². The molecule has 2 unspecified atom stereocenters. The van der Waals surface area contributed by atoms with Crippen LogP contribution in [0.15, 0.2) is 40.4 Å². The van der Waals surface area contributed by atoms with Crippen LogP contribution in [-0.4, -0.2) is 160 Å². The molecule has 0 saturated carbocycles. The van der Waals surface area contributed by atoms with Gasteiger partial charge in [-0.25, -0.2) is 0 Å². The summed E-state index contributed by atoms with van der Waals surface area (Å²) in [7, 11) is 5.25. The van der Waals surface area contributed by atoms with Crippen LogP contribution in [0.4, 0.5) is 0 Å². The van der Waals surface area contributed by atoms with Crippen molar-refractivity contribution in [1.29, 1.82) is 0 Å². The molecule has 1 aromatic carbocycles. The van der Waals surface area contributed by atoms with Crippen LogP contribution in [0, 0.1) is 23.7 Å². The van der Waals surface area contributed by atoms with Gasteiger partial charge in [0.2, 0.25) is 0 Å². The van der Waals surface area contributed by atoms with Crippen molar-refractivity contribution in [3.63, 3.8) is 0 Å². The predicted molar refractivity (Wildman–Crippen MR) is 232 cm³/mol. The molecule has 61 heavy (non-hydrogen) atoms. The molecule has 0 aliphatic carbocycles. The molecule has 3 aliphatic heterocycles. The number of likely N-dealkylation sites (N-methyl/N-ethyl adjacent to an activating group) is 1. The molecule has 16 heteroatoms. The normalized spacial score (nSPS) is 44.1. The van der Waals surface area contributed by atoms with E-state index in [9.17, 15) is 30.3 Å². The van der Waals surface area contributed by atoms with Gasteiger partial charge in [-0.05, 0) is 87.0 Å². The van der Waals surface area contributed by atoms with E-state index in [-0.39, 0.29) is 38.0 Å². The Bertz CT molecular complexity index is 1550. The predicted octanol–water partition coefficient (Wildman–Crippen LogP) is 4.38. The maximum absolute atomic E-state index is 14.4. The highest BCUT2D eigenvalue weighted by atomic mass is 32.2. The van der Waals surface area contributed by atoms with Crippen LogP contribution in [0.1, 0.15) is 94.9 Å². The number of carbonyl (C=O) groups excluding carboxylic acids is 1. The van der Waals surface area contributed by atoms with Gasteiger partial charge in [-0.2, -0.15) is 0 Å². The van der Waals surface area contributed by atoms with Crippen molar-refractivity contribution in [3.05, 3.63) is 30.3 Å². The standard InChI is InChI=1S/C45H76N2O13S/c1-14-33-45(10,53)38(49)27(4)35(46-55-20-21-61-31-18-16-15-17-19-31)25(2)23-43(8,52)40(60-42-36(48)32(47(11)12)22-26(3)56-42)28(5)37(29(6)41(51)58-33)59-34-24-44(9,54-13)39(50)30(7)57-34/h15-19,25-30,32-34,36-40,42,48-50,52-53H,14,20-24H2,1-13H3/b46-35+/t25-,26-,27+,28+,29-,30+,32+,33-,34?,36-,37+,38-,39+,40-,42+,43?,44-,45-/m1/s1. The summed E-state index contributed by atoms with van der Waals surface area (Å²) in [4.78, 5) is 23.3. The van der Waals surface area contributed by atoms with E-state index in [0.29, 0.717) is 17.9 Å². The number of rotatable bonds is 12. The SMILES string of the molecule is CC[C@H]1OC(=O)[C@H](C)[C@@H](OC2C[C@@](C)(OC)[C@@H](O)[C@H](C)O2)[C@H](C)[C@@H](O[C@@H]2O[C@H](C)C[C@H](N(C)C)[C@H]2O)C(C)(O)C[C@@H](C)/C(=N\OCCSc2ccccc2)[C@H](C)[C@@H](O)[C@]1(C)O. The second-order valence-corrected chi connectivity index (χ2v) is 19.7. The number of methoxy groups -OCH3 is 1. The van der Waals surface area contributed by atoms with Crippen LogP contribution in [0.25, 0.3) is 0 Å². The molecule has 5 N–H and O–H groups in total. The number of nitrogens with zero attached hydrogens (tertiary/aromatic N) is 2. The zero-order valence-electron chi connectivity index (χ0n) is 38.6. The summed E-state index contributed by atoms with van der Waals surface area (Å²) in [5, 5.41) is 64.2. The van der Waals surface area contributed by atoms with Crippen molar-refractivity contribution >= 4 is 23.4 Å². The number of hydrogen-bond donors (Lipinski definition) is 5. The highest BCUT2D eigenvalue weighted by Crippen LogP contribution is 2.41. The van der Waals surface area contributed by atoms with E-state index >= 15 is 0 Å². The molecule has 3 heterocycles. The Hall–Kier alpha value is -1.93. The average molecular weight is 885 g/mol. The first-order valence-electron chi connectivity index (χ1n) is 21.9. The molecule has 3 fully saturated rings. The van der Waals surface area contributed by atoms with Gasteiger partial charge >= 0.3 is 5.97 Å². The van der Waals surface area contributed by atoms with Gasteiger partial charge in [-0.15, -0.1) is 11.8 Å². The monoisotopic (exact) mass is 885 g/mol. The summed E-state index contributed by atoms with van der Waals surface area (Å²) in [6, 6.07) is 9.57. The molecular weight excluding hydrogens is 809 g/mol. The topological polar surface area (TPSA) is 198 Å². The van der Waals surface area contributed by atoms with Gasteiger partial charge in [-0.1, -0.05) is 51.0 Å². The highest BCUT2D eigenvalue weighted by molar-refractivity contribution is 7.99. The van der Waals surface area contributed by atoms with Crippen LogP contribution in [0.5, 0.6) is 0 Å². The van der Waals surface area contributed by atoms with Gasteiger partial charge < -0.3 is 63.7 Å². The van der Waals surface area contributed by atoms with Crippen molar-refractivity contribution < 1.29 is 63.6 Å². The lowest BCUT2D eigenvalue weighted by Gasteiger charge is -2.49. The third-order valence-electron chi connectivity index (χ3n) is 13.2. The second kappa shape index (κ2) is 21.8. The molecule has 0 amide bonds. The summed E-state index contributed by atoms with van der Waals surface area (Å²) in [6.07, 6.45) is -9.29. The number of carbonyl (C=O) groups is 1. The van der Waals surface area contributed by atoms with E-state index in [1.165, 1.54) is 14.0 Å². The second-order valence-electron chi connectivity index (χ2n) is 18.6. The van der Waals surface area contributed by atoms with Crippen LogP contribution in [-0.2, 0) is 38.1 Å². The zero-order valence-corrected chi connectivity index (χ0v) is 39.4. The van der Waals surface area contributed by atoms with Crippen molar-refractivity contribution in [2.45, 2.75) is 184 Å². The Morgan fingerprint density at radius 3 is 2.18 bits per heavy atom. The third kappa shape index (κ3) is 12.5. The highest BCUT2D eigenvalue weighted by Gasteiger charge is 2.53. The van der Waals surface area contributed by atoms with E-state index in [0.717, 1.165) is 4.90 Å². The fraction of sp³-hybridized carbons (Fsp3) is 0.822. The first-order chi connectivity index (χ1) is 28.5. The summed E-state index contributed by atoms with van der Waals surface area (Å²) in [5.74, 6) is -3.42. The Balaban J connectivity index is 1.82. The van der Waals surface area contributed by atoms with Gasteiger partial charge in [0, 0.05) is 48.0 Å². The number of ether oxygens (including phenoxy) is 6. The molecule has 4 rings (SSSR count). The number of esters is 1. The zero-order chi connectivity index (χ0) is 45.6. The number of oxime groups is 1. The summed E-state index contributed by atoms with van der Waals surface area (Å²) >= 11 is 1.60. The van der Waals surface area contributed by atoms with Gasteiger partial charge in [0.25, 0.3) is 0 Å². The molecule has 0 radical (unpaired) electrons. The first-order valence-corrected chi connectivity index (χ1v) is 22.9. The lowest BCUT2D eigenvalue weighted by atomic mass is 9.73. The Kier molecular flexibility index (Phi) is 18.5. The van der Waals surface area contributed by atoms with Crippen LogP contribution >= 0.6 is 11.8 Å². The van der Waals surface area contributed by atoms with E-state index in [1.807, 2.05) is 63.2 Å². The smallest absolute Gasteiger partial charge is 0.311 e. The van der Waals surface area contributed by atoms with E-state index in [2.05, 4.69) is 5.16 Å². The fourth-order valence-electron chi connectivity index (χ4n) is 9.43. The molecule has 3 aliphatic rings. The maximum Gasteiger partial charge on any atom is 0.311 e. The van der Waals surface area contributed by atoms with Crippen LogP contribution in [0.3, 0.4) is 0 Å². The van der Waals surface area contributed by atoms with Crippen LogP contribution < -0.4 is 0 Å². The average Bonchev–Trinajstić information content (AvgIpc) is 3.20. The molecule has 0 bridgehead atoms. The van der Waals surface area contributed by atoms with Gasteiger partial charge in [0.1, 0.15) is 30.5 Å². The maximum atomic E-state index is 14.4. The summed E-state index contributed by atoms with van der Waals surface area (Å²) in [5.41, 5.74) is -4.37. The Morgan fingerprint density at radius 2 is 1.57 bits per heavy atom. The minimum absolute atomic E-state index is 0.00526. The number of aliphatic hydroxyl groups is 5. The Morgan fingerprint density at radius 1 is 0.918 bits per heavy atom. The molecule has 1 aromatic rings. The molecule has 0 spiro atoms. The molecule has 0 aromatic heterocycles. The lowest BCUT2D eigenvalue weighted by molar-refractivity contribution is -0.317. The van der Waals surface area contributed by atoms with Crippen molar-refractivity contribution in [2.75, 3.05) is 33.6 Å². The van der Waals surface area contributed by atoms with E-state index in [4.69, 9.17) is 33.3 Å². The number of thioether (sulfide) groups is 1. The minimum Gasteiger partial charge on any atom is -0.459 e. The van der Waals surface area contributed by atoms with E-state index < -0.39 is 102 Å². The molecule has 3 saturated heterocycles. The van der Waals surface area contributed by atoms with Crippen molar-refractivity contribution in [2.24, 2.45) is 28.8 Å². The first kappa shape index (κ1) is 51.7. The van der Waals surface area contributed by atoms with Crippen LogP contribution in [0.2, 0.25) is 0 Å². The largest absolute Gasteiger partial charge is 0.459 e. The molecule has 350 valence electrons. The summed E-state index contributed by atoms with van der Waals surface area (Å²) in [6.45, 7) is 17.4. The molecule has 15 nitrogen and oxygen atoms in total. The van der Waals surface area contributed by atoms with Gasteiger partial charge in [0.15, 0.2) is 12.6 Å². The van der Waals surface area contributed by atoms with Gasteiger partial charge in [-0.3, -0.25) is 4.79 Å². The minimum atomic E-state index is -1.94. The molecular formula is C45H76N2O13S. The Labute approximate surface area is 367 Å². The van der Waals surface area contributed by atoms with Gasteiger partial charge in [0.05, 0.1) is 53.4 Å². The lowest BCUT2D eigenvalue weighted by Crippen LogP contribution is -2.61.